The lowest BCUT2D eigenvalue weighted by Gasteiger charge is -2.00. The first-order chi connectivity index (χ1) is 5.25. The SMILES string of the molecule is Cc1ccnc(C)c1/C=N\N. The Bertz CT molecular complexity index is 258. The Morgan fingerprint density at radius 2 is 2.27 bits per heavy atom. The molecule has 2 N–H and O–H groups in total. The van der Waals surface area contributed by atoms with Gasteiger partial charge in [0.05, 0.1) is 6.21 Å². The van der Waals surface area contributed by atoms with E-state index in [-0.39, 0.29) is 0 Å². The molecule has 0 saturated heterocycles. The predicted molar refractivity (Wildman–Crippen MR) is 45.5 cm³/mol. The summed E-state index contributed by atoms with van der Waals surface area (Å²) >= 11 is 0. The van der Waals surface area contributed by atoms with Crippen LogP contribution in [0.5, 0.6) is 0 Å². The molecular weight excluding hydrogens is 138 g/mol. The van der Waals surface area contributed by atoms with Crippen LogP contribution in [0.1, 0.15) is 16.8 Å². The topological polar surface area (TPSA) is 51.3 Å². The first-order valence-corrected chi connectivity index (χ1v) is 3.41. The normalized spacial score (nSPS) is 10.7. The quantitative estimate of drug-likeness (QED) is 0.368. The Kier molecular flexibility index (Phi) is 2.21. The van der Waals surface area contributed by atoms with Crippen LogP contribution in [0.2, 0.25) is 0 Å². The van der Waals surface area contributed by atoms with Crippen molar-refractivity contribution in [2.75, 3.05) is 0 Å². The van der Waals surface area contributed by atoms with Gasteiger partial charge in [-0.1, -0.05) is 0 Å². The molecule has 3 heteroatoms. The summed E-state index contributed by atoms with van der Waals surface area (Å²) in [5.41, 5.74) is 3.11. The van der Waals surface area contributed by atoms with Crippen molar-refractivity contribution in [1.29, 1.82) is 0 Å². The molecule has 3 nitrogen and oxygen atoms in total. The molecule has 0 aromatic carbocycles. The Hall–Kier alpha value is -1.38. The molecule has 0 aliphatic heterocycles. The summed E-state index contributed by atoms with van der Waals surface area (Å²) in [6.07, 6.45) is 3.40. The summed E-state index contributed by atoms with van der Waals surface area (Å²) < 4.78 is 0. The van der Waals surface area contributed by atoms with Crippen molar-refractivity contribution in [3.05, 3.63) is 29.1 Å². The van der Waals surface area contributed by atoms with E-state index in [9.17, 15) is 0 Å². The summed E-state index contributed by atoms with van der Waals surface area (Å²) in [7, 11) is 0. The van der Waals surface area contributed by atoms with Crippen LogP contribution in [0.4, 0.5) is 0 Å². The molecule has 0 saturated carbocycles. The maximum atomic E-state index is 5.04. The largest absolute Gasteiger partial charge is 0.323 e. The van der Waals surface area contributed by atoms with E-state index in [0.29, 0.717) is 0 Å². The molecule has 11 heavy (non-hydrogen) atoms. The summed E-state index contributed by atoms with van der Waals surface area (Å²) in [5.74, 6) is 5.04. The zero-order valence-corrected chi connectivity index (χ0v) is 6.70. The first-order valence-electron chi connectivity index (χ1n) is 3.41. The highest BCUT2D eigenvalue weighted by Gasteiger charge is 1.98. The minimum atomic E-state index is 0.958. The molecule has 1 aromatic heterocycles. The third kappa shape index (κ3) is 1.55. The van der Waals surface area contributed by atoms with Gasteiger partial charge in [-0.15, -0.1) is 0 Å². The molecule has 1 heterocycles. The second-order valence-corrected chi connectivity index (χ2v) is 2.41. The highest BCUT2D eigenvalue weighted by Crippen LogP contribution is 2.06. The van der Waals surface area contributed by atoms with Gasteiger partial charge < -0.3 is 5.84 Å². The third-order valence-electron chi connectivity index (χ3n) is 1.61. The molecule has 0 radical (unpaired) electrons. The zero-order chi connectivity index (χ0) is 8.27. The van der Waals surface area contributed by atoms with Crippen LogP contribution in [0.25, 0.3) is 0 Å². The van der Waals surface area contributed by atoms with E-state index in [1.165, 1.54) is 0 Å². The van der Waals surface area contributed by atoms with Crippen molar-refractivity contribution in [3.63, 3.8) is 0 Å². The fourth-order valence-corrected chi connectivity index (χ4v) is 0.975. The van der Waals surface area contributed by atoms with E-state index in [1.807, 2.05) is 19.9 Å². The average Bonchev–Trinajstić information content (AvgIpc) is 1.97. The number of aryl methyl sites for hydroxylation is 2. The van der Waals surface area contributed by atoms with E-state index >= 15 is 0 Å². The maximum absolute atomic E-state index is 5.04. The number of aromatic nitrogens is 1. The summed E-state index contributed by atoms with van der Waals surface area (Å²) in [6.45, 7) is 3.94. The Balaban J connectivity index is 3.20. The summed E-state index contributed by atoms with van der Waals surface area (Å²) in [5, 5.41) is 3.46. The van der Waals surface area contributed by atoms with Gasteiger partial charge in [0.15, 0.2) is 0 Å². The van der Waals surface area contributed by atoms with Gasteiger partial charge >= 0.3 is 0 Å². The Morgan fingerprint density at radius 3 is 2.82 bits per heavy atom. The maximum Gasteiger partial charge on any atom is 0.0558 e. The van der Waals surface area contributed by atoms with E-state index in [2.05, 4.69) is 10.1 Å². The van der Waals surface area contributed by atoms with Crippen LogP contribution in [0, 0.1) is 13.8 Å². The fraction of sp³-hybridized carbons (Fsp3) is 0.250. The van der Waals surface area contributed by atoms with Crippen LogP contribution in [0.3, 0.4) is 0 Å². The smallest absolute Gasteiger partial charge is 0.0558 e. The number of hydrazone groups is 1. The van der Waals surface area contributed by atoms with E-state index in [0.717, 1.165) is 16.8 Å². The second-order valence-electron chi connectivity index (χ2n) is 2.41. The van der Waals surface area contributed by atoms with Crippen molar-refractivity contribution < 1.29 is 0 Å². The van der Waals surface area contributed by atoms with Gasteiger partial charge in [0, 0.05) is 17.5 Å². The lowest BCUT2D eigenvalue weighted by Crippen LogP contribution is -1.96. The van der Waals surface area contributed by atoms with Crippen LogP contribution in [-0.2, 0) is 0 Å². The summed E-state index contributed by atoms with van der Waals surface area (Å²) in [4.78, 5) is 4.11. The van der Waals surface area contributed by atoms with Gasteiger partial charge in [0.1, 0.15) is 0 Å². The van der Waals surface area contributed by atoms with Gasteiger partial charge in [-0.3, -0.25) is 4.98 Å². The van der Waals surface area contributed by atoms with Crippen LogP contribution >= 0.6 is 0 Å². The van der Waals surface area contributed by atoms with Gasteiger partial charge in [-0.2, -0.15) is 5.10 Å². The Labute approximate surface area is 66.0 Å². The molecule has 0 fully saturated rings. The monoisotopic (exact) mass is 149 g/mol. The molecule has 0 spiro atoms. The van der Waals surface area contributed by atoms with E-state index in [1.54, 1.807) is 12.4 Å². The number of pyridine rings is 1. The minimum Gasteiger partial charge on any atom is -0.323 e. The number of rotatable bonds is 1. The van der Waals surface area contributed by atoms with Crippen molar-refractivity contribution in [1.82, 2.24) is 4.98 Å². The summed E-state index contributed by atoms with van der Waals surface area (Å²) in [6, 6.07) is 1.93. The predicted octanol–water partition coefficient (Wildman–Crippen LogP) is 0.991. The fourth-order valence-electron chi connectivity index (χ4n) is 0.975. The lowest BCUT2D eigenvalue weighted by molar-refractivity contribution is 1.16. The van der Waals surface area contributed by atoms with E-state index < -0.39 is 0 Å². The van der Waals surface area contributed by atoms with Gasteiger partial charge in [0.25, 0.3) is 0 Å². The minimum absolute atomic E-state index is 0.958. The van der Waals surface area contributed by atoms with Gasteiger partial charge in [0.2, 0.25) is 0 Å². The molecule has 0 unspecified atom stereocenters. The highest BCUT2D eigenvalue weighted by molar-refractivity contribution is 5.82. The molecule has 0 aliphatic rings. The van der Waals surface area contributed by atoms with Crippen molar-refractivity contribution in [3.8, 4) is 0 Å². The lowest BCUT2D eigenvalue weighted by atomic mass is 10.1. The molecule has 0 amide bonds. The Morgan fingerprint density at radius 1 is 1.55 bits per heavy atom. The molecular formula is C8H11N3. The molecule has 0 aliphatic carbocycles. The van der Waals surface area contributed by atoms with Crippen LogP contribution in [-0.4, -0.2) is 11.2 Å². The van der Waals surface area contributed by atoms with Gasteiger partial charge in [-0.25, -0.2) is 0 Å². The number of nitrogens with two attached hydrogens (primary N) is 1. The van der Waals surface area contributed by atoms with Crippen molar-refractivity contribution in [2.45, 2.75) is 13.8 Å². The van der Waals surface area contributed by atoms with Crippen LogP contribution in [0.15, 0.2) is 17.4 Å². The molecule has 0 atom stereocenters. The average molecular weight is 149 g/mol. The molecule has 0 bridgehead atoms. The van der Waals surface area contributed by atoms with Crippen molar-refractivity contribution in [2.24, 2.45) is 10.9 Å². The molecule has 58 valence electrons. The highest BCUT2D eigenvalue weighted by atomic mass is 15.1. The van der Waals surface area contributed by atoms with Crippen LogP contribution < -0.4 is 5.84 Å². The van der Waals surface area contributed by atoms with Crippen molar-refractivity contribution >= 4 is 6.21 Å². The van der Waals surface area contributed by atoms with Gasteiger partial charge in [-0.05, 0) is 25.5 Å². The second kappa shape index (κ2) is 3.14. The first kappa shape index (κ1) is 7.72. The zero-order valence-electron chi connectivity index (χ0n) is 6.70. The third-order valence-corrected chi connectivity index (χ3v) is 1.61. The van der Waals surface area contributed by atoms with E-state index in [4.69, 9.17) is 5.84 Å². The standard InChI is InChI=1S/C8H11N3/c1-6-3-4-10-7(2)8(6)5-11-9/h3-5H,9H2,1-2H3/b11-5-. The molecule has 1 aromatic rings. The molecule has 1 rings (SSSR count). The number of hydrogen-bond donors (Lipinski definition) is 1. The number of nitrogens with zero attached hydrogens (tertiary/aromatic N) is 2. The number of hydrogen-bond acceptors (Lipinski definition) is 3.